The van der Waals surface area contributed by atoms with Gasteiger partial charge in [-0.2, -0.15) is 0 Å². The fourth-order valence-corrected chi connectivity index (χ4v) is 4.21. The van der Waals surface area contributed by atoms with Crippen LogP contribution in [0.5, 0.6) is 0 Å². The van der Waals surface area contributed by atoms with Gasteiger partial charge in [-0.05, 0) is 31.0 Å². The maximum absolute atomic E-state index is 13.1. The van der Waals surface area contributed by atoms with Crippen LogP contribution >= 0.6 is 0 Å². The standard InChI is InChI=1S/C22H25N5O4/c28-21(17-5-2-1-3-6-17)26-10-4-7-18(16-26)22(29)25-13-11-24(12-14-25)20-9-8-19(15-23-20)27(30)31/h1-3,5-6,8-9,15,18H,4,7,10-14,16H2. The molecule has 2 aliphatic heterocycles. The monoisotopic (exact) mass is 423 g/mol. The average Bonchev–Trinajstić information content (AvgIpc) is 2.84. The van der Waals surface area contributed by atoms with Gasteiger partial charge in [0.15, 0.2) is 0 Å². The topological polar surface area (TPSA) is 99.9 Å². The molecule has 2 saturated heterocycles. The Kier molecular flexibility index (Phi) is 6.11. The first-order chi connectivity index (χ1) is 15.0. The number of piperidine rings is 1. The van der Waals surface area contributed by atoms with Crippen LogP contribution in [-0.2, 0) is 4.79 Å². The highest BCUT2D eigenvalue weighted by atomic mass is 16.6. The first-order valence-corrected chi connectivity index (χ1v) is 10.5. The first-order valence-electron chi connectivity index (χ1n) is 10.5. The third kappa shape index (κ3) is 4.65. The molecule has 2 amide bonds. The van der Waals surface area contributed by atoms with Gasteiger partial charge >= 0.3 is 0 Å². The molecule has 3 heterocycles. The summed E-state index contributed by atoms with van der Waals surface area (Å²) < 4.78 is 0. The van der Waals surface area contributed by atoms with E-state index in [1.54, 1.807) is 23.1 Å². The van der Waals surface area contributed by atoms with Crippen molar-refractivity contribution in [3.05, 3.63) is 64.3 Å². The second-order valence-corrected chi connectivity index (χ2v) is 7.90. The number of hydrogen-bond acceptors (Lipinski definition) is 6. The molecule has 31 heavy (non-hydrogen) atoms. The number of hydrogen-bond donors (Lipinski definition) is 0. The van der Waals surface area contributed by atoms with E-state index >= 15 is 0 Å². The van der Waals surface area contributed by atoms with Crippen molar-refractivity contribution in [2.45, 2.75) is 12.8 Å². The number of carbonyl (C=O) groups is 2. The summed E-state index contributed by atoms with van der Waals surface area (Å²) in [6.45, 7) is 3.51. The number of nitro groups is 1. The van der Waals surface area contributed by atoms with Crippen molar-refractivity contribution in [1.29, 1.82) is 0 Å². The normalized spacial score (nSPS) is 19.2. The van der Waals surface area contributed by atoms with E-state index in [2.05, 4.69) is 4.98 Å². The van der Waals surface area contributed by atoms with Gasteiger partial charge in [0.2, 0.25) is 5.91 Å². The number of rotatable bonds is 4. The fraction of sp³-hybridized carbons (Fsp3) is 0.409. The van der Waals surface area contributed by atoms with Crippen LogP contribution in [0.3, 0.4) is 0 Å². The Bertz CT molecular complexity index is 942. The third-order valence-electron chi connectivity index (χ3n) is 5.94. The molecule has 0 radical (unpaired) electrons. The molecule has 1 aromatic carbocycles. The van der Waals surface area contributed by atoms with Crippen LogP contribution in [0.15, 0.2) is 48.7 Å². The lowest BCUT2D eigenvalue weighted by molar-refractivity contribution is -0.385. The summed E-state index contributed by atoms with van der Waals surface area (Å²) in [6, 6.07) is 12.3. The third-order valence-corrected chi connectivity index (χ3v) is 5.94. The number of carbonyl (C=O) groups excluding carboxylic acids is 2. The smallest absolute Gasteiger partial charge is 0.287 e. The first kappa shape index (κ1) is 20.8. The molecule has 0 aliphatic carbocycles. The highest BCUT2D eigenvalue weighted by molar-refractivity contribution is 5.94. The van der Waals surface area contributed by atoms with Gasteiger partial charge in [0.05, 0.1) is 10.8 Å². The minimum absolute atomic E-state index is 0.0211. The summed E-state index contributed by atoms with van der Waals surface area (Å²) in [4.78, 5) is 46.0. The number of aromatic nitrogens is 1. The number of nitrogens with zero attached hydrogens (tertiary/aromatic N) is 5. The van der Waals surface area contributed by atoms with Crippen molar-refractivity contribution in [2.24, 2.45) is 5.92 Å². The van der Waals surface area contributed by atoms with Crippen LogP contribution in [0, 0.1) is 16.0 Å². The molecule has 1 unspecified atom stereocenters. The molecule has 2 aromatic rings. The van der Waals surface area contributed by atoms with Crippen molar-refractivity contribution < 1.29 is 14.5 Å². The molecule has 0 N–H and O–H groups in total. The van der Waals surface area contributed by atoms with Gasteiger partial charge in [0, 0.05) is 50.9 Å². The lowest BCUT2D eigenvalue weighted by atomic mass is 9.95. The number of pyridine rings is 1. The van der Waals surface area contributed by atoms with E-state index in [1.807, 2.05) is 28.0 Å². The minimum atomic E-state index is -0.469. The second-order valence-electron chi connectivity index (χ2n) is 7.90. The number of piperazine rings is 1. The van der Waals surface area contributed by atoms with E-state index in [0.29, 0.717) is 50.6 Å². The van der Waals surface area contributed by atoms with E-state index in [0.717, 1.165) is 12.8 Å². The van der Waals surface area contributed by atoms with Crippen molar-refractivity contribution >= 4 is 23.3 Å². The Labute approximate surface area is 180 Å². The highest BCUT2D eigenvalue weighted by Crippen LogP contribution is 2.23. The molecule has 0 bridgehead atoms. The van der Waals surface area contributed by atoms with E-state index in [9.17, 15) is 19.7 Å². The summed E-state index contributed by atoms with van der Waals surface area (Å²) in [5.41, 5.74) is 0.615. The molecular weight excluding hydrogens is 398 g/mol. The molecule has 4 rings (SSSR count). The van der Waals surface area contributed by atoms with Crippen molar-refractivity contribution in [3.63, 3.8) is 0 Å². The second kappa shape index (κ2) is 9.11. The van der Waals surface area contributed by atoms with Crippen LogP contribution < -0.4 is 4.90 Å². The van der Waals surface area contributed by atoms with Crippen LogP contribution in [-0.4, -0.2) is 70.8 Å². The summed E-state index contributed by atoms with van der Waals surface area (Å²) >= 11 is 0. The number of anilines is 1. The molecule has 9 heteroatoms. The van der Waals surface area contributed by atoms with Crippen molar-refractivity contribution in [2.75, 3.05) is 44.2 Å². The Morgan fingerprint density at radius 3 is 2.35 bits per heavy atom. The summed E-state index contributed by atoms with van der Waals surface area (Å²) in [5.74, 6) is 0.578. The lowest BCUT2D eigenvalue weighted by Gasteiger charge is -2.39. The predicted octanol–water partition coefficient (Wildman–Crippen LogP) is 2.19. The lowest BCUT2D eigenvalue weighted by Crippen LogP contribution is -2.53. The zero-order chi connectivity index (χ0) is 21.8. The molecule has 1 aromatic heterocycles. The largest absolute Gasteiger partial charge is 0.353 e. The quantitative estimate of drug-likeness (QED) is 0.552. The van der Waals surface area contributed by atoms with E-state index in [1.165, 1.54) is 12.3 Å². The molecule has 2 fully saturated rings. The fourth-order valence-electron chi connectivity index (χ4n) is 4.21. The number of amides is 2. The Hall–Kier alpha value is -3.49. The van der Waals surface area contributed by atoms with Gasteiger partial charge in [0.1, 0.15) is 12.0 Å². The van der Waals surface area contributed by atoms with Crippen molar-refractivity contribution in [1.82, 2.24) is 14.8 Å². The zero-order valence-corrected chi connectivity index (χ0v) is 17.2. The Balaban J connectivity index is 1.33. The van der Waals surface area contributed by atoms with Gasteiger partial charge in [-0.3, -0.25) is 19.7 Å². The van der Waals surface area contributed by atoms with Crippen LogP contribution in [0.25, 0.3) is 0 Å². The maximum atomic E-state index is 13.1. The highest BCUT2D eigenvalue weighted by Gasteiger charge is 2.33. The average molecular weight is 423 g/mol. The zero-order valence-electron chi connectivity index (χ0n) is 17.2. The Morgan fingerprint density at radius 1 is 0.968 bits per heavy atom. The Morgan fingerprint density at radius 2 is 1.71 bits per heavy atom. The molecular formula is C22H25N5O4. The SMILES string of the molecule is O=C(c1ccccc1)N1CCCC(C(=O)N2CCN(c3ccc([N+](=O)[O-])cn3)CC2)C1. The van der Waals surface area contributed by atoms with Crippen molar-refractivity contribution in [3.8, 4) is 0 Å². The summed E-state index contributed by atoms with van der Waals surface area (Å²) in [7, 11) is 0. The van der Waals surface area contributed by atoms with E-state index < -0.39 is 4.92 Å². The van der Waals surface area contributed by atoms with Crippen LogP contribution in [0.4, 0.5) is 11.5 Å². The number of benzene rings is 1. The van der Waals surface area contributed by atoms with Gasteiger partial charge in [-0.15, -0.1) is 0 Å². The molecule has 0 saturated carbocycles. The molecule has 1 atom stereocenters. The minimum Gasteiger partial charge on any atom is -0.353 e. The summed E-state index contributed by atoms with van der Waals surface area (Å²) in [5, 5.41) is 10.8. The number of likely N-dealkylation sites (tertiary alicyclic amines) is 1. The van der Waals surface area contributed by atoms with Gasteiger partial charge in [0.25, 0.3) is 11.6 Å². The maximum Gasteiger partial charge on any atom is 0.287 e. The predicted molar refractivity (Wildman–Crippen MR) is 115 cm³/mol. The molecule has 0 spiro atoms. The molecule has 2 aliphatic rings. The van der Waals surface area contributed by atoms with Gasteiger partial charge in [-0.1, -0.05) is 18.2 Å². The molecule has 162 valence electrons. The molecule has 9 nitrogen and oxygen atoms in total. The van der Waals surface area contributed by atoms with E-state index in [4.69, 9.17) is 0 Å². The van der Waals surface area contributed by atoms with Gasteiger partial charge in [-0.25, -0.2) is 4.98 Å². The van der Waals surface area contributed by atoms with Crippen LogP contribution in [0.2, 0.25) is 0 Å². The summed E-state index contributed by atoms with van der Waals surface area (Å²) in [6.07, 6.45) is 2.87. The van der Waals surface area contributed by atoms with Gasteiger partial charge < -0.3 is 14.7 Å². The van der Waals surface area contributed by atoms with Crippen LogP contribution in [0.1, 0.15) is 23.2 Å². The van der Waals surface area contributed by atoms with E-state index in [-0.39, 0.29) is 23.4 Å².